The number of aliphatic hydroxyl groups excluding tert-OH is 1. The molecule has 15 heavy (non-hydrogen) atoms. The number of likely N-dealkylation sites (N-methyl/N-ethyl adjacent to an activating group) is 1. The molecule has 0 spiro atoms. The van der Waals surface area contributed by atoms with Crippen molar-refractivity contribution in [3.05, 3.63) is 22.1 Å². The molecule has 1 rings (SSSR count). The topological polar surface area (TPSA) is 69.2 Å². The second kappa shape index (κ2) is 4.93. The molecule has 0 aliphatic carbocycles. The summed E-state index contributed by atoms with van der Waals surface area (Å²) in [5.41, 5.74) is 0.604. The van der Waals surface area contributed by atoms with Gasteiger partial charge in [-0.15, -0.1) is 0 Å². The van der Waals surface area contributed by atoms with Crippen molar-refractivity contribution in [1.29, 1.82) is 0 Å². The molecular formula is C10H17N3O2. The SMILES string of the molecule is CC(C)c1cc(=O)[nH]c(N(C)CCO)n1. The number of aromatic amines is 1. The largest absolute Gasteiger partial charge is 0.395 e. The van der Waals surface area contributed by atoms with Crippen LogP contribution in [-0.2, 0) is 0 Å². The molecule has 0 fully saturated rings. The van der Waals surface area contributed by atoms with Crippen LogP contribution in [0.2, 0.25) is 0 Å². The van der Waals surface area contributed by atoms with E-state index in [4.69, 9.17) is 5.11 Å². The summed E-state index contributed by atoms with van der Waals surface area (Å²) in [5.74, 6) is 0.717. The first-order valence-corrected chi connectivity index (χ1v) is 4.98. The van der Waals surface area contributed by atoms with E-state index in [0.717, 1.165) is 5.69 Å². The van der Waals surface area contributed by atoms with Gasteiger partial charge in [-0.2, -0.15) is 0 Å². The highest BCUT2D eigenvalue weighted by molar-refractivity contribution is 5.29. The molecule has 0 bridgehead atoms. The van der Waals surface area contributed by atoms with Crippen LogP contribution in [-0.4, -0.2) is 35.3 Å². The molecule has 0 saturated carbocycles. The molecule has 0 unspecified atom stereocenters. The van der Waals surface area contributed by atoms with Crippen molar-refractivity contribution >= 4 is 5.95 Å². The Morgan fingerprint density at radius 3 is 2.80 bits per heavy atom. The predicted molar refractivity (Wildman–Crippen MR) is 59.3 cm³/mol. The summed E-state index contributed by atoms with van der Waals surface area (Å²) < 4.78 is 0. The summed E-state index contributed by atoms with van der Waals surface area (Å²) in [6.07, 6.45) is 0. The number of aromatic nitrogens is 2. The molecule has 0 saturated heterocycles. The molecule has 0 aliphatic rings. The van der Waals surface area contributed by atoms with Crippen LogP contribution in [0.25, 0.3) is 0 Å². The molecule has 0 aromatic carbocycles. The molecular weight excluding hydrogens is 194 g/mol. The minimum atomic E-state index is -0.159. The molecule has 5 nitrogen and oxygen atoms in total. The van der Waals surface area contributed by atoms with Crippen LogP contribution < -0.4 is 10.5 Å². The van der Waals surface area contributed by atoms with Gasteiger partial charge < -0.3 is 10.0 Å². The molecule has 1 heterocycles. The highest BCUT2D eigenvalue weighted by Gasteiger charge is 2.07. The number of rotatable bonds is 4. The van der Waals surface area contributed by atoms with Crippen molar-refractivity contribution < 1.29 is 5.11 Å². The second-order valence-electron chi connectivity index (χ2n) is 3.79. The Hall–Kier alpha value is -1.36. The average Bonchev–Trinajstić information content (AvgIpc) is 2.17. The normalized spacial score (nSPS) is 10.7. The standard InChI is InChI=1S/C10H17N3O2/c1-7(2)8-6-9(15)12-10(11-8)13(3)4-5-14/h6-7,14H,4-5H2,1-3H3,(H,11,12,15). The number of H-pyrrole nitrogens is 1. The van der Waals surface area contributed by atoms with Gasteiger partial charge in [-0.25, -0.2) is 4.98 Å². The number of nitrogens with one attached hydrogen (secondary N) is 1. The summed E-state index contributed by atoms with van der Waals surface area (Å²) in [7, 11) is 1.78. The zero-order valence-corrected chi connectivity index (χ0v) is 9.32. The van der Waals surface area contributed by atoms with Gasteiger partial charge in [0.25, 0.3) is 5.56 Å². The van der Waals surface area contributed by atoms with Crippen LogP contribution in [0.1, 0.15) is 25.5 Å². The minimum Gasteiger partial charge on any atom is -0.395 e. The zero-order valence-electron chi connectivity index (χ0n) is 9.32. The molecule has 0 amide bonds. The highest BCUT2D eigenvalue weighted by Crippen LogP contribution is 2.11. The lowest BCUT2D eigenvalue weighted by molar-refractivity contribution is 0.303. The summed E-state index contributed by atoms with van der Waals surface area (Å²) in [5, 5.41) is 8.78. The average molecular weight is 211 g/mol. The van der Waals surface area contributed by atoms with Crippen molar-refractivity contribution in [1.82, 2.24) is 9.97 Å². The van der Waals surface area contributed by atoms with Crippen LogP contribution in [0.15, 0.2) is 10.9 Å². The highest BCUT2D eigenvalue weighted by atomic mass is 16.3. The van der Waals surface area contributed by atoms with E-state index in [9.17, 15) is 4.79 Å². The van der Waals surface area contributed by atoms with Crippen LogP contribution in [0.3, 0.4) is 0 Å². The van der Waals surface area contributed by atoms with Gasteiger partial charge in [0.15, 0.2) is 0 Å². The van der Waals surface area contributed by atoms with Crippen LogP contribution in [0, 0.1) is 0 Å². The second-order valence-corrected chi connectivity index (χ2v) is 3.79. The van der Waals surface area contributed by atoms with E-state index in [0.29, 0.717) is 12.5 Å². The van der Waals surface area contributed by atoms with Crippen LogP contribution >= 0.6 is 0 Å². The van der Waals surface area contributed by atoms with Crippen LogP contribution in [0.5, 0.6) is 0 Å². The Kier molecular flexibility index (Phi) is 3.85. The maximum atomic E-state index is 11.3. The van der Waals surface area contributed by atoms with Crippen molar-refractivity contribution in [2.75, 3.05) is 25.1 Å². The minimum absolute atomic E-state index is 0.0338. The van der Waals surface area contributed by atoms with E-state index in [2.05, 4.69) is 9.97 Å². The first kappa shape index (κ1) is 11.7. The fourth-order valence-electron chi connectivity index (χ4n) is 1.20. The van der Waals surface area contributed by atoms with Gasteiger partial charge in [0.2, 0.25) is 5.95 Å². The van der Waals surface area contributed by atoms with Gasteiger partial charge in [0.1, 0.15) is 0 Å². The monoisotopic (exact) mass is 211 g/mol. The van der Waals surface area contributed by atoms with Crippen molar-refractivity contribution in [2.24, 2.45) is 0 Å². The number of hydrogen-bond acceptors (Lipinski definition) is 4. The van der Waals surface area contributed by atoms with Crippen LogP contribution in [0.4, 0.5) is 5.95 Å². The van der Waals surface area contributed by atoms with Crippen molar-refractivity contribution in [3.63, 3.8) is 0 Å². The van der Waals surface area contributed by atoms with Gasteiger partial charge >= 0.3 is 0 Å². The van der Waals surface area contributed by atoms with E-state index < -0.39 is 0 Å². The smallest absolute Gasteiger partial charge is 0.252 e. The third-order valence-corrected chi connectivity index (χ3v) is 2.14. The van der Waals surface area contributed by atoms with Gasteiger partial charge in [-0.05, 0) is 5.92 Å². The maximum absolute atomic E-state index is 11.3. The van der Waals surface area contributed by atoms with Gasteiger partial charge in [0.05, 0.1) is 12.3 Å². The molecule has 0 atom stereocenters. The lowest BCUT2D eigenvalue weighted by Crippen LogP contribution is -2.26. The summed E-state index contributed by atoms with van der Waals surface area (Å²) in [4.78, 5) is 20.0. The maximum Gasteiger partial charge on any atom is 0.252 e. The van der Waals surface area contributed by atoms with Crippen molar-refractivity contribution in [3.8, 4) is 0 Å². The first-order chi connectivity index (χ1) is 7.04. The Morgan fingerprint density at radius 2 is 2.27 bits per heavy atom. The van der Waals surface area contributed by atoms with Gasteiger partial charge in [-0.3, -0.25) is 9.78 Å². The lowest BCUT2D eigenvalue weighted by Gasteiger charge is -2.17. The Bertz CT molecular complexity index is 373. The fourth-order valence-corrected chi connectivity index (χ4v) is 1.20. The number of aliphatic hydroxyl groups is 1. The number of anilines is 1. The van der Waals surface area contributed by atoms with Gasteiger partial charge in [-0.1, -0.05) is 13.8 Å². The van der Waals surface area contributed by atoms with E-state index >= 15 is 0 Å². The zero-order chi connectivity index (χ0) is 11.4. The number of hydrogen-bond donors (Lipinski definition) is 2. The first-order valence-electron chi connectivity index (χ1n) is 4.98. The molecule has 1 aromatic rings. The fraction of sp³-hybridized carbons (Fsp3) is 0.600. The predicted octanol–water partition coefficient (Wildman–Crippen LogP) is 0.322. The number of nitrogens with zero attached hydrogens (tertiary/aromatic N) is 2. The summed E-state index contributed by atoms with van der Waals surface area (Å²) in [6.45, 7) is 4.45. The third-order valence-electron chi connectivity index (χ3n) is 2.14. The third kappa shape index (κ3) is 3.06. The summed E-state index contributed by atoms with van der Waals surface area (Å²) in [6, 6.07) is 1.50. The van der Waals surface area contributed by atoms with E-state index in [1.807, 2.05) is 13.8 Å². The van der Waals surface area contributed by atoms with E-state index in [1.165, 1.54) is 6.07 Å². The molecule has 0 radical (unpaired) electrons. The molecule has 2 N–H and O–H groups in total. The molecule has 1 aromatic heterocycles. The Balaban J connectivity index is 3.03. The molecule has 5 heteroatoms. The van der Waals surface area contributed by atoms with E-state index in [1.54, 1.807) is 11.9 Å². The van der Waals surface area contributed by atoms with Crippen molar-refractivity contribution in [2.45, 2.75) is 19.8 Å². The summed E-state index contributed by atoms with van der Waals surface area (Å²) >= 11 is 0. The van der Waals surface area contributed by atoms with E-state index in [-0.39, 0.29) is 18.1 Å². The molecule has 0 aliphatic heterocycles. The molecule has 84 valence electrons. The lowest BCUT2D eigenvalue weighted by atomic mass is 10.1. The quantitative estimate of drug-likeness (QED) is 0.752. The van der Waals surface area contributed by atoms with Gasteiger partial charge in [0, 0.05) is 19.7 Å². The Labute approximate surface area is 88.8 Å². The Morgan fingerprint density at radius 1 is 1.60 bits per heavy atom.